The lowest BCUT2D eigenvalue weighted by atomic mass is 10.1. The van der Waals surface area contributed by atoms with E-state index in [9.17, 15) is 14.4 Å². The zero-order valence-corrected chi connectivity index (χ0v) is 22.5. The van der Waals surface area contributed by atoms with Gasteiger partial charge in [-0.3, -0.25) is 19.5 Å². The molecule has 2 rings (SSSR count). The molecule has 0 aliphatic heterocycles. The summed E-state index contributed by atoms with van der Waals surface area (Å²) in [6, 6.07) is 6.93. The molecule has 0 atom stereocenters. The second-order valence-electron chi connectivity index (χ2n) is 9.25. The minimum atomic E-state index is -0.400. The van der Waals surface area contributed by atoms with Gasteiger partial charge in [-0.1, -0.05) is 89.3 Å². The molecule has 0 bridgehead atoms. The van der Waals surface area contributed by atoms with Gasteiger partial charge in [0, 0.05) is 23.7 Å². The van der Waals surface area contributed by atoms with Crippen molar-refractivity contribution in [2.24, 2.45) is 0 Å². The Morgan fingerprint density at radius 3 is 2.20 bits per heavy atom. The highest BCUT2D eigenvalue weighted by Gasteiger charge is 2.24. The van der Waals surface area contributed by atoms with Crippen molar-refractivity contribution in [3.8, 4) is 5.69 Å². The molecule has 1 heterocycles. The first-order valence-corrected chi connectivity index (χ1v) is 13.7. The molecule has 35 heavy (non-hydrogen) atoms. The van der Waals surface area contributed by atoms with Gasteiger partial charge in [0.2, 0.25) is 5.91 Å². The van der Waals surface area contributed by atoms with E-state index in [2.05, 4.69) is 12.0 Å². The van der Waals surface area contributed by atoms with E-state index >= 15 is 0 Å². The van der Waals surface area contributed by atoms with Crippen LogP contribution in [0.2, 0.25) is 5.02 Å². The third-order valence-electron chi connectivity index (χ3n) is 6.37. The minimum Gasteiger partial charge on any atom is -0.335 e. The summed E-state index contributed by atoms with van der Waals surface area (Å²) < 4.78 is 1.37. The monoisotopic (exact) mass is 503 g/mol. The van der Waals surface area contributed by atoms with Gasteiger partial charge in [-0.25, -0.2) is 4.68 Å². The van der Waals surface area contributed by atoms with Crippen LogP contribution in [0.4, 0.5) is 0 Å². The zero-order chi connectivity index (χ0) is 25.6. The van der Waals surface area contributed by atoms with Crippen molar-refractivity contribution in [1.29, 1.82) is 0 Å². The van der Waals surface area contributed by atoms with E-state index in [-0.39, 0.29) is 23.8 Å². The predicted octanol–water partition coefficient (Wildman–Crippen LogP) is 6.72. The maximum atomic E-state index is 13.2. The van der Waals surface area contributed by atoms with Crippen LogP contribution in [0.25, 0.3) is 5.69 Å². The lowest BCUT2D eigenvalue weighted by molar-refractivity contribution is -0.130. The Labute approximate surface area is 215 Å². The summed E-state index contributed by atoms with van der Waals surface area (Å²) in [7, 11) is 0. The third-order valence-corrected chi connectivity index (χ3v) is 6.61. The number of amides is 1. The topological polar surface area (TPSA) is 75.2 Å². The Hall–Kier alpha value is -2.34. The highest BCUT2D eigenvalue weighted by Crippen LogP contribution is 2.16. The van der Waals surface area contributed by atoms with Gasteiger partial charge >= 0.3 is 0 Å². The Morgan fingerprint density at radius 2 is 1.60 bits per heavy atom. The summed E-state index contributed by atoms with van der Waals surface area (Å²) >= 11 is 6.09. The van der Waals surface area contributed by atoms with Crippen LogP contribution in [-0.2, 0) is 11.2 Å². The first kappa shape index (κ1) is 28.9. The molecule has 0 unspecified atom stereocenters. The van der Waals surface area contributed by atoms with E-state index in [0.29, 0.717) is 35.8 Å². The second-order valence-corrected chi connectivity index (χ2v) is 9.68. The van der Waals surface area contributed by atoms with Gasteiger partial charge in [-0.2, -0.15) is 0 Å². The molecule has 1 aromatic carbocycles. The molecule has 7 heteroatoms. The normalized spacial score (nSPS) is 11.1. The number of benzene rings is 1. The number of carbonyl (C=O) groups is 2. The average molecular weight is 504 g/mol. The SMILES string of the molecule is CCCCCCCCCCCC(=O)N(CC)CC(=O)c1c(CCC)[nH]n(-c2cccc(Cl)c2)c1=O. The molecular weight excluding hydrogens is 462 g/mol. The fourth-order valence-electron chi connectivity index (χ4n) is 4.37. The van der Waals surface area contributed by atoms with Crippen LogP contribution in [-0.4, -0.2) is 39.5 Å². The van der Waals surface area contributed by atoms with Crippen molar-refractivity contribution in [3.63, 3.8) is 0 Å². The van der Waals surface area contributed by atoms with Crippen molar-refractivity contribution >= 4 is 23.3 Å². The molecule has 1 N–H and O–H groups in total. The van der Waals surface area contributed by atoms with Crippen molar-refractivity contribution in [3.05, 3.63) is 50.9 Å². The summed E-state index contributed by atoms with van der Waals surface area (Å²) in [5, 5.41) is 3.59. The van der Waals surface area contributed by atoms with E-state index in [1.807, 2.05) is 13.8 Å². The third kappa shape index (κ3) is 8.99. The summed E-state index contributed by atoms with van der Waals surface area (Å²) in [5.74, 6) is -0.343. The minimum absolute atomic E-state index is 0.0217. The van der Waals surface area contributed by atoms with Gasteiger partial charge in [-0.05, 0) is 38.0 Å². The Kier molecular flexibility index (Phi) is 12.9. The van der Waals surface area contributed by atoms with Crippen LogP contribution in [0.5, 0.6) is 0 Å². The van der Waals surface area contributed by atoms with Crippen LogP contribution < -0.4 is 5.56 Å². The number of halogens is 1. The summed E-state index contributed by atoms with van der Waals surface area (Å²) in [6.45, 7) is 6.46. The molecule has 0 aliphatic carbocycles. The van der Waals surface area contributed by atoms with Gasteiger partial charge in [0.1, 0.15) is 5.56 Å². The summed E-state index contributed by atoms with van der Waals surface area (Å²) in [5.41, 5.74) is 0.918. The number of aromatic amines is 1. The van der Waals surface area contributed by atoms with Crippen LogP contribution in [0, 0.1) is 0 Å². The number of aryl methyl sites for hydroxylation is 1. The number of hydrogen-bond acceptors (Lipinski definition) is 3. The largest absolute Gasteiger partial charge is 0.335 e. The standard InChI is InChI=1S/C28H42ClN3O3/c1-4-7-8-9-10-11-12-13-14-19-26(34)31(6-3)21-25(33)27-24(16-5-2)30-32(28(27)35)23-18-15-17-22(29)20-23/h15,17-18,20,30H,4-14,16,19,21H2,1-3H3. The van der Waals surface area contributed by atoms with Gasteiger partial charge in [0.05, 0.1) is 12.2 Å². The number of unbranched alkanes of at least 4 members (excludes halogenated alkanes) is 8. The van der Waals surface area contributed by atoms with Gasteiger partial charge < -0.3 is 4.90 Å². The Morgan fingerprint density at radius 1 is 0.943 bits per heavy atom. The Balaban J connectivity index is 1.97. The summed E-state index contributed by atoms with van der Waals surface area (Å²) in [4.78, 5) is 40.7. The lowest BCUT2D eigenvalue weighted by Gasteiger charge is -2.20. The molecule has 0 fully saturated rings. The second kappa shape index (κ2) is 15.6. The highest BCUT2D eigenvalue weighted by atomic mass is 35.5. The molecule has 0 spiro atoms. The summed E-state index contributed by atoms with van der Waals surface area (Å²) in [6.07, 6.45) is 12.5. The molecule has 6 nitrogen and oxygen atoms in total. The number of ketones is 1. The maximum absolute atomic E-state index is 13.2. The van der Waals surface area contributed by atoms with E-state index < -0.39 is 5.56 Å². The maximum Gasteiger partial charge on any atom is 0.282 e. The number of nitrogens with zero attached hydrogens (tertiary/aromatic N) is 2. The molecule has 0 saturated heterocycles. The van der Waals surface area contributed by atoms with Crippen LogP contribution in [0.1, 0.15) is 107 Å². The smallest absolute Gasteiger partial charge is 0.282 e. The number of Topliss-reactive ketones (excluding diaryl/α,β-unsaturated/α-hetero) is 1. The fourth-order valence-corrected chi connectivity index (χ4v) is 4.56. The van der Waals surface area contributed by atoms with Crippen LogP contribution in [0.15, 0.2) is 29.1 Å². The number of nitrogens with one attached hydrogen (secondary N) is 1. The lowest BCUT2D eigenvalue weighted by Crippen LogP contribution is -2.37. The molecule has 2 aromatic rings. The van der Waals surface area contributed by atoms with Crippen molar-refractivity contribution in [1.82, 2.24) is 14.7 Å². The van der Waals surface area contributed by atoms with Gasteiger partial charge in [0.25, 0.3) is 5.56 Å². The predicted molar refractivity (Wildman–Crippen MR) is 144 cm³/mol. The number of carbonyl (C=O) groups excluding carboxylic acids is 2. The van der Waals surface area contributed by atoms with Crippen molar-refractivity contribution in [2.45, 2.75) is 97.8 Å². The van der Waals surface area contributed by atoms with Crippen LogP contribution >= 0.6 is 11.6 Å². The highest BCUT2D eigenvalue weighted by molar-refractivity contribution is 6.30. The van der Waals surface area contributed by atoms with Crippen molar-refractivity contribution < 1.29 is 9.59 Å². The molecular formula is C28H42ClN3O3. The average Bonchev–Trinajstić information content (AvgIpc) is 3.17. The van der Waals surface area contributed by atoms with Gasteiger partial charge in [0.15, 0.2) is 5.78 Å². The molecule has 194 valence electrons. The molecule has 0 aliphatic rings. The van der Waals surface area contributed by atoms with E-state index in [1.54, 1.807) is 29.2 Å². The number of hydrogen-bond donors (Lipinski definition) is 1. The fraction of sp³-hybridized carbons (Fsp3) is 0.607. The molecule has 0 radical (unpaired) electrons. The number of aromatic nitrogens is 2. The Bertz CT molecular complexity index is 996. The number of likely N-dealkylation sites (N-methyl/N-ethyl adjacent to an activating group) is 1. The zero-order valence-electron chi connectivity index (χ0n) is 21.7. The quantitative estimate of drug-likeness (QED) is 0.192. The van der Waals surface area contributed by atoms with E-state index in [4.69, 9.17) is 11.6 Å². The first-order valence-electron chi connectivity index (χ1n) is 13.3. The molecule has 0 saturated carbocycles. The molecule has 1 aromatic heterocycles. The van der Waals surface area contributed by atoms with Gasteiger partial charge in [-0.15, -0.1) is 0 Å². The van der Waals surface area contributed by atoms with E-state index in [0.717, 1.165) is 25.7 Å². The van der Waals surface area contributed by atoms with Crippen LogP contribution in [0.3, 0.4) is 0 Å². The number of H-pyrrole nitrogens is 1. The van der Waals surface area contributed by atoms with E-state index in [1.165, 1.54) is 43.2 Å². The molecule has 1 amide bonds. The number of rotatable bonds is 17. The van der Waals surface area contributed by atoms with Crippen molar-refractivity contribution in [2.75, 3.05) is 13.1 Å². The first-order chi connectivity index (χ1) is 16.9.